The highest BCUT2D eigenvalue weighted by Crippen LogP contribution is 2.24. The molecule has 1 aliphatic rings. The summed E-state index contributed by atoms with van der Waals surface area (Å²) in [5.74, 6) is -0.389. The first-order chi connectivity index (χ1) is 4.92. The number of hydrogen-bond acceptors (Lipinski definition) is 2. The van der Waals surface area contributed by atoms with Gasteiger partial charge in [0.25, 0.3) is 5.91 Å². The van der Waals surface area contributed by atoms with E-state index < -0.39 is 11.8 Å². The number of amides is 1. The predicted octanol–water partition coefficient (Wildman–Crippen LogP) is -0.0624. The van der Waals surface area contributed by atoms with E-state index in [4.69, 9.17) is 5.11 Å². The quantitative estimate of drug-likeness (QED) is 0.585. The zero-order valence-corrected chi connectivity index (χ0v) is 6.67. The van der Waals surface area contributed by atoms with Crippen molar-refractivity contribution in [2.75, 3.05) is 13.1 Å². The van der Waals surface area contributed by atoms with E-state index in [1.165, 1.54) is 18.7 Å². The van der Waals surface area contributed by atoms with Crippen molar-refractivity contribution in [3.63, 3.8) is 0 Å². The lowest BCUT2D eigenvalue weighted by atomic mass is 9.98. The minimum atomic E-state index is -1.25. The molecule has 11 heavy (non-hydrogen) atoms. The fraction of sp³-hybridized carbons (Fsp3) is 0.857. The Hall–Kier alpha value is -0.640. The van der Waals surface area contributed by atoms with Crippen molar-refractivity contribution in [3.8, 4) is 0 Å². The van der Waals surface area contributed by atoms with Gasteiger partial charge in [0.15, 0.2) is 0 Å². The predicted molar refractivity (Wildman–Crippen MR) is 37.8 cm³/mol. The molecule has 1 rings (SSSR count). The Morgan fingerprint density at radius 3 is 2.45 bits per heavy atom. The second-order valence-electron chi connectivity index (χ2n) is 3.28. The summed E-state index contributed by atoms with van der Waals surface area (Å²) in [5, 5.41) is 8.81. The third-order valence-electron chi connectivity index (χ3n) is 1.71. The minimum absolute atomic E-state index is 0.108. The molecule has 4 heteroatoms. The molecule has 0 radical (unpaired) electrons. The van der Waals surface area contributed by atoms with Crippen LogP contribution in [0.15, 0.2) is 0 Å². The van der Waals surface area contributed by atoms with Crippen LogP contribution in [-0.4, -0.2) is 40.8 Å². The maximum absolute atomic E-state index is 12.8. The van der Waals surface area contributed by atoms with Crippen molar-refractivity contribution >= 4 is 5.91 Å². The standard InChI is InChI=1S/C7H12FNO2/c1-5(10)6(11)9-3-7(2,8)4-9/h5,10H,3-4H2,1-2H3/t5-/m0/s1. The van der Waals surface area contributed by atoms with Crippen molar-refractivity contribution in [1.29, 1.82) is 0 Å². The first-order valence-corrected chi connectivity index (χ1v) is 3.58. The molecule has 1 atom stereocenters. The van der Waals surface area contributed by atoms with Gasteiger partial charge in [-0.25, -0.2) is 4.39 Å². The Bertz CT molecular complexity index is 171. The topological polar surface area (TPSA) is 40.5 Å². The van der Waals surface area contributed by atoms with Crippen LogP contribution in [0.25, 0.3) is 0 Å². The number of nitrogens with zero attached hydrogens (tertiary/aromatic N) is 1. The number of likely N-dealkylation sites (tertiary alicyclic amines) is 1. The van der Waals surface area contributed by atoms with Crippen LogP contribution < -0.4 is 0 Å². The maximum Gasteiger partial charge on any atom is 0.251 e. The number of aliphatic hydroxyl groups excluding tert-OH is 1. The molecule has 1 N–H and O–H groups in total. The van der Waals surface area contributed by atoms with Crippen LogP contribution in [0.5, 0.6) is 0 Å². The molecule has 3 nitrogen and oxygen atoms in total. The highest BCUT2D eigenvalue weighted by atomic mass is 19.1. The van der Waals surface area contributed by atoms with Crippen molar-refractivity contribution in [1.82, 2.24) is 4.90 Å². The monoisotopic (exact) mass is 161 g/mol. The fourth-order valence-electron chi connectivity index (χ4n) is 1.17. The maximum atomic E-state index is 12.8. The Morgan fingerprint density at radius 2 is 2.18 bits per heavy atom. The van der Waals surface area contributed by atoms with E-state index >= 15 is 0 Å². The Balaban J connectivity index is 2.38. The van der Waals surface area contributed by atoms with Crippen molar-refractivity contribution in [2.45, 2.75) is 25.6 Å². The zero-order chi connectivity index (χ0) is 8.65. The highest BCUT2D eigenvalue weighted by molar-refractivity contribution is 5.81. The largest absolute Gasteiger partial charge is 0.384 e. The van der Waals surface area contributed by atoms with E-state index in [9.17, 15) is 9.18 Å². The lowest BCUT2D eigenvalue weighted by molar-refractivity contribution is -0.152. The number of alkyl halides is 1. The van der Waals surface area contributed by atoms with Crippen LogP contribution in [0.4, 0.5) is 4.39 Å². The van der Waals surface area contributed by atoms with E-state index in [0.717, 1.165) is 0 Å². The summed E-state index contributed by atoms with van der Waals surface area (Å²) in [5.41, 5.74) is -1.25. The van der Waals surface area contributed by atoms with Gasteiger partial charge in [0.05, 0.1) is 13.1 Å². The van der Waals surface area contributed by atoms with Crippen LogP contribution in [0.2, 0.25) is 0 Å². The summed E-state index contributed by atoms with van der Waals surface area (Å²) in [7, 11) is 0. The number of halogens is 1. The van der Waals surface area contributed by atoms with E-state index in [-0.39, 0.29) is 19.0 Å². The second kappa shape index (κ2) is 2.44. The SMILES string of the molecule is C[C@H](O)C(=O)N1CC(C)(F)C1. The summed E-state index contributed by atoms with van der Waals surface area (Å²) in [6.45, 7) is 3.04. The summed E-state index contributed by atoms with van der Waals surface area (Å²) < 4.78 is 12.8. The van der Waals surface area contributed by atoms with Gasteiger partial charge in [0.2, 0.25) is 0 Å². The number of hydrogen-bond donors (Lipinski definition) is 1. The second-order valence-corrected chi connectivity index (χ2v) is 3.28. The van der Waals surface area contributed by atoms with Crippen LogP contribution >= 0.6 is 0 Å². The molecular formula is C7H12FNO2. The molecular weight excluding hydrogens is 149 g/mol. The molecule has 0 aromatic heterocycles. The van der Waals surface area contributed by atoms with Crippen molar-refractivity contribution in [3.05, 3.63) is 0 Å². The molecule has 0 bridgehead atoms. The summed E-state index contributed by atoms with van der Waals surface area (Å²) in [6.07, 6.45) is -1.01. The van der Waals surface area contributed by atoms with Gasteiger partial charge in [0, 0.05) is 0 Å². The Kier molecular flexibility index (Phi) is 1.88. The van der Waals surface area contributed by atoms with E-state index in [2.05, 4.69) is 0 Å². The molecule has 0 spiro atoms. The van der Waals surface area contributed by atoms with E-state index in [0.29, 0.717) is 0 Å². The fourth-order valence-corrected chi connectivity index (χ4v) is 1.17. The lowest BCUT2D eigenvalue weighted by Crippen LogP contribution is -2.61. The van der Waals surface area contributed by atoms with E-state index in [1.807, 2.05) is 0 Å². The van der Waals surface area contributed by atoms with Gasteiger partial charge in [-0.05, 0) is 13.8 Å². The van der Waals surface area contributed by atoms with Gasteiger partial charge < -0.3 is 10.0 Å². The molecule has 1 aliphatic heterocycles. The molecule has 0 aromatic rings. The lowest BCUT2D eigenvalue weighted by Gasteiger charge is -2.42. The van der Waals surface area contributed by atoms with Gasteiger partial charge in [-0.2, -0.15) is 0 Å². The van der Waals surface area contributed by atoms with Crippen LogP contribution in [0, 0.1) is 0 Å². The molecule has 1 heterocycles. The number of carbonyl (C=O) groups excluding carboxylic acids is 1. The normalized spacial score (nSPS) is 24.2. The van der Waals surface area contributed by atoms with Gasteiger partial charge in [0.1, 0.15) is 11.8 Å². The van der Waals surface area contributed by atoms with Gasteiger partial charge >= 0.3 is 0 Å². The Labute approximate surface area is 64.8 Å². The van der Waals surface area contributed by atoms with Crippen molar-refractivity contribution < 1.29 is 14.3 Å². The number of rotatable bonds is 1. The zero-order valence-electron chi connectivity index (χ0n) is 6.67. The smallest absolute Gasteiger partial charge is 0.251 e. The van der Waals surface area contributed by atoms with E-state index in [1.54, 1.807) is 0 Å². The van der Waals surface area contributed by atoms with Crippen LogP contribution in [0.3, 0.4) is 0 Å². The highest BCUT2D eigenvalue weighted by Gasteiger charge is 2.42. The Morgan fingerprint density at radius 1 is 1.73 bits per heavy atom. The first-order valence-electron chi connectivity index (χ1n) is 3.58. The number of carbonyl (C=O) groups is 1. The molecule has 0 unspecified atom stereocenters. The third-order valence-corrected chi connectivity index (χ3v) is 1.71. The van der Waals surface area contributed by atoms with Crippen LogP contribution in [-0.2, 0) is 4.79 Å². The van der Waals surface area contributed by atoms with Crippen LogP contribution in [0.1, 0.15) is 13.8 Å². The summed E-state index contributed by atoms with van der Waals surface area (Å²) in [4.78, 5) is 12.2. The summed E-state index contributed by atoms with van der Waals surface area (Å²) in [6, 6.07) is 0. The van der Waals surface area contributed by atoms with Crippen molar-refractivity contribution in [2.24, 2.45) is 0 Å². The number of aliphatic hydroxyl groups is 1. The molecule has 0 aromatic carbocycles. The average Bonchev–Trinajstić information content (AvgIpc) is 1.80. The molecule has 0 saturated carbocycles. The average molecular weight is 161 g/mol. The molecule has 1 fully saturated rings. The molecule has 64 valence electrons. The van der Waals surface area contributed by atoms with Gasteiger partial charge in [-0.3, -0.25) is 4.79 Å². The minimum Gasteiger partial charge on any atom is -0.384 e. The first kappa shape index (κ1) is 8.46. The third kappa shape index (κ3) is 1.68. The molecule has 1 saturated heterocycles. The van der Waals surface area contributed by atoms with Gasteiger partial charge in [-0.15, -0.1) is 0 Å². The summed E-state index contributed by atoms with van der Waals surface area (Å²) >= 11 is 0. The van der Waals surface area contributed by atoms with Gasteiger partial charge in [-0.1, -0.05) is 0 Å². The molecule has 1 amide bonds. The molecule has 0 aliphatic carbocycles.